The maximum Gasteiger partial charge on any atom is 0.0755 e. The molecule has 10 aromatic carbocycles. The minimum atomic E-state index is -0.567. The minimum Gasteiger partial charge on any atom is -0.310 e. The predicted molar refractivity (Wildman–Crippen MR) is 275 cm³/mol. The molecule has 1 heterocycles. The largest absolute Gasteiger partial charge is 0.310 e. The highest BCUT2D eigenvalue weighted by Gasteiger charge is 2.52. The number of fused-ring (bicyclic) bond motifs is 12. The molecule has 312 valence electrons. The Hall–Kier alpha value is -8.20. The van der Waals surface area contributed by atoms with Gasteiger partial charge in [0, 0.05) is 28.2 Å². The second-order valence-corrected chi connectivity index (χ2v) is 18.5. The Morgan fingerprint density at radius 2 is 0.773 bits per heavy atom. The van der Waals surface area contributed by atoms with Crippen molar-refractivity contribution in [2.75, 3.05) is 9.80 Å². The first kappa shape index (κ1) is 38.3. The molecule has 13 rings (SSSR count). The van der Waals surface area contributed by atoms with Crippen molar-refractivity contribution in [3.8, 4) is 44.5 Å². The number of hydrogen-bond acceptors (Lipinski definition) is 2. The number of hydrogen-bond donors (Lipinski definition) is 0. The summed E-state index contributed by atoms with van der Waals surface area (Å²) in [6.45, 7) is 4.71. The normalized spacial score (nSPS) is 14.1. The van der Waals surface area contributed by atoms with Crippen molar-refractivity contribution in [2.24, 2.45) is 0 Å². The van der Waals surface area contributed by atoms with Crippen molar-refractivity contribution in [3.05, 3.63) is 276 Å². The summed E-state index contributed by atoms with van der Waals surface area (Å²) in [6, 6.07) is 90.0. The summed E-state index contributed by atoms with van der Waals surface area (Å²) in [5, 5.41) is 0. The maximum atomic E-state index is 2.49. The Kier molecular flexibility index (Phi) is 8.51. The molecule has 0 bridgehead atoms. The van der Waals surface area contributed by atoms with Gasteiger partial charge >= 0.3 is 0 Å². The van der Waals surface area contributed by atoms with E-state index in [1.807, 2.05) is 0 Å². The molecule has 0 aromatic heterocycles. The third-order valence-electron chi connectivity index (χ3n) is 14.7. The zero-order chi connectivity index (χ0) is 44.0. The highest BCUT2D eigenvalue weighted by Crippen LogP contribution is 2.64. The van der Waals surface area contributed by atoms with E-state index in [2.05, 4.69) is 266 Å². The zero-order valence-electron chi connectivity index (χ0n) is 37.0. The first-order valence-electron chi connectivity index (χ1n) is 23.1. The van der Waals surface area contributed by atoms with E-state index >= 15 is 0 Å². The SMILES string of the molecule is CC1(C)c2ccccc2-c2ccc(-c3ccc(N(c4cccc(-c5ccccc5)c4)c4ccc5c(c4)C4(c6ccccc6-5)c5ccccc5N(c5ccccc5)c5ccccc54)cc3)cc21. The Balaban J connectivity index is 1.00. The van der Waals surface area contributed by atoms with Gasteiger partial charge in [-0.15, -0.1) is 0 Å². The van der Waals surface area contributed by atoms with Crippen LogP contribution in [0.15, 0.2) is 243 Å². The molecule has 0 saturated carbocycles. The maximum absolute atomic E-state index is 2.49. The van der Waals surface area contributed by atoms with Gasteiger partial charge in [0.05, 0.1) is 16.8 Å². The third-order valence-corrected chi connectivity index (χ3v) is 14.7. The fraction of sp³-hybridized carbons (Fsp3) is 0.0625. The Morgan fingerprint density at radius 1 is 0.303 bits per heavy atom. The Morgan fingerprint density at radius 3 is 1.48 bits per heavy atom. The zero-order valence-corrected chi connectivity index (χ0v) is 37.0. The Labute approximate surface area is 387 Å². The van der Waals surface area contributed by atoms with Crippen LogP contribution in [0.3, 0.4) is 0 Å². The van der Waals surface area contributed by atoms with Crippen LogP contribution < -0.4 is 9.80 Å². The van der Waals surface area contributed by atoms with Crippen LogP contribution in [0.4, 0.5) is 34.1 Å². The highest BCUT2D eigenvalue weighted by atomic mass is 15.2. The fourth-order valence-electron chi connectivity index (χ4n) is 11.7. The van der Waals surface area contributed by atoms with Crippen molar-refractivity contribution >= 4 is 34.1 Å². The van der Waals surface area contributed by atoms with Gasteiger partial charge in [0.2, 0.25) is 0 Å². The number of para-hydroxylation sites is 3. The van der Waals surface area contributed by atoms with Gasteiger partial charge in [-0.05, 0) is 145 Å². The lowest BCUT2D eigenvalue weighted by Crippen LogP contribution is -2.36. The number of anilines is 6. The van der Waals surface area contributed by atoms with Gasteiger partial charge in [-0.1, -0.05) is 190 Å². The summed E-state index contributed by atoms with van der Waals surface area (Å²) >= 11 is 0. The second kappa shape index (κ2) is 14.7. The van der Waals surface area contributed by atoms with Gasteiger partial charge in [0.1, 0.15) is 0 Å². The summed E-state index contributed by atoms with van der Waals surface area (Å²) in [5.74, 6) is 0. The molecule has 0 N–H and O–H groups in total. The molecular formula is C64H46N2. The van der Waals surface area contributed by atoms with Crippen LogP contribution in [-0.4, -0.2) is 0 Å². The van der Waals surface area contributed by atoms with E-state index < -0.39 is 5.41 Å². The van der Waals surface area contributed by atoms with Crippen LogP contribution in [0, 0.1) is 0 Å². The molecule has 1 spiro atoms. The van der Waals surface area contributed by atoms with Crippen LogP contribution in [0.1, 0.15) is 47.2 Å². The molecule has 0 fully saturated rings. The Bertz CT molecular complexity index is 3460. The summed E-state index contributed by atoms with van der Waals surface area (Å²) in [5.41, 5.74) is 24.2. The van der Waals surface area contributed by atoms with Crippen molar-refractivity contribution in [2.45, 2.75) is 24.7 Å². The molecule has 1 aliphatic heterocycles. The lowest BCUT2D eigenvalue weighted by molar-refractivity contribution is 0.660. The lowest BCUT2D eigenvalue weighted by atomic mass is 9.64. The fourth-order valence-corrected chi connectivity index (χ4v) is 11.7. The van der Waals surface area contributed by atoms with Crippen LogP contribution in [-0.2, 0) is 10.8 Å². The van der Waals surface area contributed by atoms with E-state index in [1.54, 1.807) is 0 Å². The van der Waals surface area contributed by atoms with E-state index in [0.717, 1.165) is 22.7 Å². The monoisotopic (exact) mass is 842 g/mol. The first-order valence-corrected chi connectivity index (χ1v) is 23.1. The second-order valence-electron chi connectivity index (χ2n) is 18.5. The van der Waals surface area contributed by atoms with Gasteiger partial charge in [0.15, 0.2) is 0 Å². The summed E-state index contributed by atoms with van der Waals surface area (Å²) in [7, 11) is 0. The van der Waals surface area contributed by atoms with Crippen molar-refractivity contribution in [3.63, 3.8) is 0 Å². The molecule has 10 aromatic rings. The van der Waals surface area contributed by atoms with Crippen LogP contribution >= 0.6 is 0 Å². The third kappa shape index (κ3) is 5.55. The number of nitrogens with zero attached hydrogens (tertiary/aromatic N) is 2. The summed E-state index contributed by atoms with van der Waals surface area (Å²) in [4.78, 5) is 4.90. The van der Waals surface area contributed by atoms with Crippen molar-refractivity contribution in [1.29, 1.82) is 0 Å². The van der Waals surface area contributed by atoms with E-state index in [0.29, 0.717) is 0 Å². The van der Waals surface area contributed by atoms with Gasteiger partial charge in [-0.3, -0.25) is 0 Å². The lowest BCUT2D eigenvalue weighted by Gasteiger charge is -2.45. The quantitative estimate of drug-likeness (QED) is 0.165. The number of rotatable bonds is 6. The first-order chi connectivity index (χ1) is 32.5. The minimum absolute atomic E-state index is 0.0633. The topological polar surface area (TPSA) is 6.48 Å². The molecule has 0 amide bonds. The highest BCUT2D eigenvalue weighted by molar-refractivity contribution is 5.97. The molecule has 2 aliphatic carbocycles. The molecule has 0 atom stereocenters. The van der Waals surface area contributed by atoms with Gasteiger partial charge in [-0.25, -0.2) is 0 Å². The molecule has 0 saturated heterocycles. The summed E-state index contributed by atoms with van der Waals surface area (Å²) < 4.78 is 0. The molecule has 2 nitrogen and oxygen atoms in total. The predicted octanol–water partition coefficient (Wildman–Crippen LogP) is 16.9. The van der Waals surface area contributed by atoms with Crippen molar-refractivity contribution < 1.29 is 0 Å². The molecule has 0 radical (unpaired) electrons. The van der Waals surface area contributed by atoms with E-state index in [-0.39, 0.29) is 5.41 Å². The van der Waals surface area contributed by atoms with E-state index in [1.165, 1.54) is 89.3 Å². The molecule has 3 aliphatic rings. The molecule has 0 unspecified atom stereocenters. The standard InChI is InChI=1S/C64H46N2/c1-63(2)55-26-11-9-24-51(55)53-38-34-46(41-59(53)63)44-32-35-48(36-33-44)65(49-23-17-20-45(40-49)43-18-5-3-6-19-43)50-37-39-54-52-25-10-12-27-56(52)64(60(54)42-50)57-28-13-15-30-61(57)66(47-21-7-4-8-22-47)62-31-16-14-29-58(62)64/h3-42H,1-2H3. The van der Waals surface area contributed by atoms with E-state index in [4.69, 9.17) is 0 Å². The molecule has 66 heavy (non-hydrogen) atoms. The van der Waals surface area contributed by atoms with Crippen LogP contribution in [0.2, 0.25) is 0 Å². The average Bonchev–Trinajstić information content (AvgIpc) is 3.80. The van der Waals surface area contributed by atoms with Crippen LogP contribution in [0.25, 0.3) is 44.5 Å². The van der Waals surface area contributed by atoms with Gasteiger partial charge in [-0.2, -0.15) is 0 Å². The van der Waals surface area contributed by atoms with E-state index in [9.17, 15) is 0 Å². The molecular weight excluding hydrogens is 797 g/mol. The average molecular weight is 843 g/mol. The van der Waals surface area contributed by atoms with Gasteiger partial charge < -0.3 is 9.80 Å². The summed E-state index contributed by atoms with van der Waals surface area (Å²) in [6.07, 6.45) is 0. The number of benzene rings is 10. The smallest absolute Gasteiger partial charge is 0.0755 e. The van der Waals surface area contributed by atoms with Crippen LogP contribution in [0.5, 0.6) is 0 Å². The molecule has 2 heteroatoms. The van der Waals surface area contributed by atoms with Gasteiger partial charge in [0.25, 0.3) is 0 Å². The van der Waals surface area contributed by atoms with Crippen molar-refractivity contribution in [1.82, 2.24) is 0 Å².